The number of Topliss-reactive ketones (excluding diaryl/α,β-unsaturated/α-hetero) is 6. The van der Waals surface area contributed by atoms with Crippen molar-refractivity contribution >= 4 is 70.0 Å². The number of hydrogen-bond donors (Lipinski definition) is 0. The van der Waals surface area contributed by atoms with Crippen LogP contribution in [-0.2, 0) is 6.54 Å². The van der Waals surface area contributed by atoms with Gasteiger partial charge in [-0.1, -0.05) is 156 Å². The zero-order valence-electron chi connectivity index (χ0n) is 46.8. The molecule has 0 unspecified atom stereocenters. The number of nitrogens with zero attached hydrogens (tertiary/aromatic N) is 5. The zero-order valence-corrected chi connectivity index (χ0v) is 49.2. The average molecular weight is 1170 g/mol. The third-order valence-electron chi connectivity index (χ3n) is 16.5. The summed E-state index contributed by atoms with van der Waals surface area (Å²) in [5.74, 6) is 5.77. The SMILES string of the molecule is O=C1C(Sc2ccccc2)=C(N2CCCCC2)C(=O)c2cc(C#CCN3CCN(C4=C(Sc5ccccc5)C(=O)c5ccc(-c6ccc(CN7CCN(C8=C(Sc9ccccc9)C(=O)c9ccccc9C8=O)CC7)cc6)cc5C4=O)CC3)ccc21. The van der Waals surface area contributed by atoms with Gasteiger partial charge in [-0.05, 0) is 103 Å². The number of allylic oxidation sites excluding steroid dienone is 6. The van der Waals surface area contributed by atoms with E-state index in [0.29, 0.717) is 136 Å². The highest BCUT2D eigenvalue weighted by Crippen LogP contribution is 2.43. The molecular formula is C71H59N5O6S3. The molecule has 0 atom stereocenters. The second-order valence-corrected chi connectivity index (χ2v) is 25.1. The Labute approximate surface area is 507 Å². The lowest BCUT2D eigenvalue weighted by Crippen LogP contribution is -2.48. The Morgan fingerprint density at radius 2 is 0.741 bits per heavy atom. The van der Waals surface area contributed by atoms with Crippen LogP contribution in [0.1, 0.15) is 92.5 Å². The Balaban J connectivity index is 0.675. The molecule has 13 rings (SSSR count). The molecule has 3 aliphatic heterocycles. The Morgan fingerprint density at radius 1 is 0.341 bits per heavy atom. The van der Waals surface area contributed by atoms with E-state index < -0.39 is 0 Å². The number of benzene rings is 7. The van der Waals surface area contributed by atoms with Crippen molar-refractivity contribution in [1.82, 2.24) is 24.5 Å². The van der Waals surface area contributed by atoms with Crippen molar-refractivity contribution in [3.05, 3.63) is 252 Å². The number of likely N-dealkylation sites (tertiary alicyclic amines) is 1. The molecule has 422 valence electrons. The number of hydrogen-bond acceptors (Lipinski definition) is 14. The van der Waals surface area contributed by atoms with E-state index in [1.54, 1.807) is 36.4 Å². The largest absolute Gasteiger partial charge is 0.367 e. The fourth-order valence-corrected chi connectivity index (χ4v) is 15.2. The van der Waals surface area contributed by atoms with Crippen LogP contribution in [0.15, 0.2) is 222 Å². The zero-order chi connectivity index (χ0) is 58.0. The number of thioether (sulfide) groups is 3. The summed E-state index contributed by atoms with van der Waals surface area (Å²) in [6.07, 6.45) is 3.05. The summed E-state index contributed by atoms with van der Waals surface area (Å²) in [5.41, 5.74) is 7.45. The van der Waals surface area contributed by atoms with E-state index in [1.165, 1.54) is 35.3 Å². The lowest BCUT2D eigenvalue weighted by Gasteiger charge is -2.38. The van der Waals surface area contributed by atoms with Crippen molar-refractivity contribution < 1.29 is 28.8 Å². The molecule has 11 nitrogen and oxygen atoms in total. The number of carbonyl (C=O) groups excluding carboxylic acids is 6. The average Bonchev–Trinajstić information content (AvgIpc) is 3.04. The lowest BCUT2D eigenvalue weighted by atomic mass is 9.88. The molecule has 3 saturated heterocycles. The maximum Gasteiger partial charge on any atom is 0.211 e. The molecule has 0 saturated carbocycles. The van der Waals surface area contributed by atoms with Crippen LogP contribution < -0.4 is 0 Å². The van der Waals surface area contributed by atoms with Crippen LogP contribution in [0.3, 0.4) is 0 Å². The number of fused-ring (bicyclic) bond motifs is 3. The molecule has 3 heterocycles. The Bertz CT molecular complexity index is 4000. The van der Waals surface area contributed by atoms with E-state index in [9.17, 15) is 28.8 Å². The van der Waals surface area contributed by atoms with E-state index >= 15 is 0 Å². The predicted molar refractivity (Wildman–Crippen MR) is 336 cm³/mol. The molecule has 7 aromatic carbocycles. The predicted octanol–water partition coefficient (Wildman–Crippen LogP) is 12.5. The molecule has 0 N–H and O–H groups in total. The summed E-state index contributed by atoms with van der Waals surface area (Å²) in [6, 6.07) is 55.6. The number of ketones is 6. The maximum atomic E-state index is 15.0. The minimum absolute atomic E-state index is 0.112. The highest BCUT2D eigenvalue weighted by Gasteiger charge is 2.40. The minimum Gasteiger partial charge on any atom is -0.367 e. The molecule has 6 aliphatic rings. The molecule has 3 fully saturated rings. The first-order valence-corrected chi connectivity index (χ1v) is 31.4. The highest BCUT2D eigenvalue weighted by molar-refractivity contribution is 8.04. The van der Waals surface area contributed by atoms with Crippen LogP contribution in [0.2, 0.25) is 0 Å². The van der Waals surface area contributed by atoms with Gasteiger partial charge in [0.1, 0.15) is 17.1 Å². The molecule has 0 aromatic heterocycles. The quantitative estimate of drug-likeness (QED) is 0.102. The van der Waals surface area contributed by atoms with Gasteiger partial charge in [0.05, 0.1) is 21.3 Å². The summed E-state index contributed by atoms with van der Waals surface area (Å²) in [6.45, 7) is 7.53. The normalized spacial score (nSPS) is 17.7. The van der Waals surface area contributed by atoms with Crippen molar-refractivity contribution in [2.75, 3.05) is 72.0 Å². The topological polar surface area (TPSA) is 119 Å². The molecule has 0 amide bonds. The van der Waals surface area contributed by atoms with Crippen LogP contribution >= 0.6 is 35.3 Å². The smallest absolute Gasteiger partial charge is 0.211 e. The van der Waals surface area contributed by atoms with Gasteiger partial charge in [0.25, 0.3) is 0 Å². The van der Waals surface area contributed by atoms with Gasteiger partial charge in [0.15, 0.2) is 0 Å². The molecular weight excluding hydrogens is 1120 g/mol. The van der Waals surface area contributed by atoms with E-state index in [-0.39, 0.29) is 34.7 Å². The van der Waals surface area contributed by atoms with Crippen molar-refractivity contribution in [3.63, 3.8) is 0 Å². The summed E-state index contributed by atoms with van der Waals surface area (Å²) in [4.78, 5) is 101. The summed E-state index contributed by atoms with van der Waals surface area (Å²) in [7, 11) is 0. The first-order chi connectivity index (χ1) is 41.6. The number of piperazine rings is 2. The van der Waals surface area contributed by atoms with E-state index in [0.717, 1.165) is 63.7 Å². The van der Waals surface area contributed by atoms with Gasteiger partial charge in [0.2, 0.25) is 34.7 Å². The lowest BCUT2D eigenvalue weighted by molar-refractivity contribution is 0.0907. The summed E-state index contributed by atoms with van der Waals surface area (Å²) < 4.78 is 0. The second kappa shape index (κ2) is 24.7. The van der Waals surface area contributed by atoms with Crippen LogP contribution in [0, 0.1) is 11.8 Å². The van der Waals surface area contributed by atoms with E-state index in [2.05, 4.69) is 60.6 Å². The molecule has 85 heavy (non-hydrogen) atoms. The van der Waals surface area contributed by atoms with Crippen molar-refractivity contribution in [3.8, 4) is 23.0 Å². The Hall–Kier alpha value is -8.29. The van der Waals surface area contributed by atoms with E-state index in [1.807, 2.05) is 115 Å². The fraction of sp³-hybridized carbons (Fsp3) is 0.211. The van der Waals surface area contributed by atoms with Gasteiger partial charge >= 0.3 is 0 Å². The van der Waals surface area contributed by atoms with E-state index in [4.69, 9.17) is 0 Å². The van der Waals surface area contributed by atoms with Crippen LogP contribution in [-0.4, -0.2) is 131 Å². The molecule has 3 aliphatic carbocycles. The van der Waals surface area contributed by atoms with Crippen LogP contribution in [0.5, 0.6) is 0 Å². The van der Waals surface area contributed by atoms with Gasteiger partial charge in [-0.2, -0.15) is 0 Å². The minimum atomic E-state index is -0.173. The molecule has 0 bridgehead atoms. The first kappa shape index (κ1) is 55.9. The monoisotopic (exact) mass is 1170 g/mol. The van der Waals surface area contributed by atoms with Gasteiger partial charge in [-0.15, -0.1) is 0 Å². The van der Waals surface area contributed by atoms with Gasteiger partial charge in [0, 0.05) is 126 Å². The van der Waals surface area contributed by atoms with Crippen molar-refractivity contribution in [2.45, 2.75) is 40.5 Å². The van der Waals surface area contributed by atoms with Gasteiger partial charge < -0.3 is 14.7 Å². The number of rotatable bonds is 13. The molecule has 7 aromatic rings. The van der Waals surface area contributed by atoms with Crippen molar-refractivity contribution in [1.29, 1.82) is 0 Å². The number of carbonyl (C=O) groups is 6. The van der Waals surface area contributed by atoms with Gasteiger partial charge in [-0.25, -0.2) is 0 Å². The molecule has 14 heteroatoms. The van der Waals surface area contributed by atoms with Crippen LogP contribution in [0.4, 0.5) is 0 Å². The standard InChI is InChI=1S/C71H59N5O6S3/c77-63-54-23-11-12-24-55(54)66(80)69(83-51-17-5-1-6-18-51)60(63)76-42-38-73(39-43-76)46-48-25-28-49(29-26-48)50-30-32-57-59(45-50)65(79)62(71(68(57)82)85-53-21-9-3-10-22-53)75-40-36-72(37-41-75)33-15-16-47-27-31-56-58(44-47)64(78)61(74-34-13-4-14-35-74)70(67(56)81)84-52-19-7-2-8-20-52/h1-3,5-12,17-32,44-45H,4,13-14,33-43,46H2. The molecule has 0 spiro atoms. The Kier molecular flexibility index (Phi) is 16.3. The van der Waals surface area contributed by atoms with Crippen LogP contribution in [0.25, 0.3) is 11.1 Å². The van der Waals surface area contributed by atoms with Gasteiger partial charge in [-0.3, -0.25) is 38.6 Å². The second-order valence-electron chi connectivity index (χ2n) is 21.9. The summed E-state index contributed by atoms with van der Waals surface area (Å²) in [5, 5.41) is 0. The number of piperidine rings is 1. The fourth-order valence-electron chi connectivity index (χ4n) is 12.0. The highest BCUT2D eigenvalue weighted by atomic mass is 32.2. The third kappa shape index (κ3) is 11.6. The summed E-state index contributed by atoms with van der Waals surface area (Å²) >= 11 is 4.06. The molecule has 0 radical (unpaired) electrons. The third-order valence-corrected chi connectivity index (χ3v) is 19.8. The maximum absolute atomic E-state index is 15.0. The van der Waals surface area contributed by atoms with Crippen molar-refractivity contribution in [2.24, 2.45) is 0 Å². The Morgan fingerprint density at radius 3 is 1.25 bits per heavy atom. The first-order valence-electron chi connectivity index (χ1n) is 29.0.